The number of halogens is 3. The zero-order chi connectivity index (χ0) is 11.5. The third kappa shape index (κ3) is 2.33. The second kappa shape index (κ2) is 4.80. The smallest absolute Gasteiger partial charge is 0.320 e. The molecule has 0 saturated heterocycles. The maximum Gasteiger partial charge on any atom is 0.320 e. The predicted octanol–water partition coefficient (Wildman–Crippen LogP) is 3.45. The molecule has 0 atom stereocenters. The van der Waals surface area contributed by atoms with Gasteiger partial charge in [0.05, 0.1) is 5.69 Å². The van der Waals surface area contributed by atoms with E-state index in [-0.39, 0.29) is 23.5 Å². The molecular formula is C9H6BrClFN3O. The van der Waals surface area contributed by atoms with Gasteiger partial charge in [0, 0.05) is 4.47 Å². The molecule has 2 aromatic rings. The van der Waals surface area contributed by atoms with Crippen LogP contribution in [-0.2, 0) is 5.88 Å². The van der Waals surface area contributed by atoms with Gasteiger partial charge in [-0.2, -0.15) is 0 Å². The van der Waals surface area contributed by atoms with Gasteiger partial charge in [-0.3, -0.25) is 0 Å². The Bertz CT molecular complexity index is 485. The van der Waals surface area contributed by atoms with Gasteiger partial charge in [0.1, 0.15) is 11.7 Å². The Labute approximate surface area is 104 Å². The zero-order valence-corrected chi connectivity index (χ0v) is 10.2. The van der Waals surface area contributed by atoms with Gasteiger partial charge in [-0.05, 0) is 28.1 Å². The summed E-state index contributed by atoms with van der Waals surface area (Å²) in [4.78, 5) is 0. The summed E-state index contributed by atoms with van der Waals surface area (Å²) in [5, 5.41) is 9.98. The van der Waals surface area contributed by atoms with Crippen LogP contribution in [0.15, 0.2) is 27.1 Å². The number of nitrogens with zero attached hydrogens (tertiary/aromatic N) is 2. The molecule has 84 valence electrons. The van der Waals surface area contributed by atoms with E-state index >= 15 is 0 Å². The van der Waals surface area contributed by atoms with Crippen LogP contribution >= 0.6 is 27.5 Å². The van der Waals surface area contributed by atoms with Crippen molar-refractivity contribution in [2.45, 2.75) is 5.88 Å². The molecule has 1 heterocycles. The van der Waals surface area contributed by atoms with Crippen molar-refractivity contribution in [2.75, 3.05) is 5.32 Å². The summed E-state index contributed by atoms with van der Waals surface area (Å²) in [5.41, 5.74) is 0.243. The number of hydrogen-bond acceptors (Lipinski definition) is 4. The minimum Gasteiger partial charge on any atom is -0.407 e. The third-order valence-corrected chi connectivity index (χ3v) is 2.67. The van der Waals surface area contributed by atoms with Gasteiger partial charge in [-0.25, -0.2) is 4.39 Å². The predicted molar refractivity (Wildman–Crippen MR) is 61.2 cm³/mol. The third-order valence-electron chi connectivity index (χ3n) is 1.78. The Kier molecular flexibility index (Phi) is 3.40. The minimum absolute atomic E-state index is 0.0986. The molecule has 0 spiro atoms. The summed E-state index contributed by atoms with van der Waals surface area (Å²) in [6, 6.07) is 4.71. The molecule has 0 unspecified atom stereocenters. The van der Waals surface area contributed by atoms with E-state index in [9.17, 15) is 4.39 Å². The standard InChI is InChI=1S/C9H6BrClFN3O/c10-5-2-1-3-6(12)8(5)13-9-15-14-7(4-11)16-9/h1-3H,4H2,(H,13,15). The Morgan fingerprint density at radius 1 is 1.44 bits per heavy atom. The lowest BCUT2D eigenvalue weighted by atomic mass is 10.3. The fraction of sp³-hybridized carbons (Fsp3) is 0.111. The number of hydrogen-bond donors (Lipinski definition) is 1. The summed E-state index contributed by atoms with van der Waals surface area (Å²) in [7, 11) is 0. The van der Waals surface area contributed by atoms with Crippen LogP contribution in [0.1, 0.15) is 5.89 Å². The number of rotatable bonds is 3. The molecule has 0 saturated carbocycles. The first-order valence-electron chi connectivity index (χ1n) is 4.30. The number of alkyl halides is 1. The molecular weight excluding hydrogens is 300 g/mol. The molecule has 0 aliphatic rings. The van der Waals surface area contributed by atoms with Gasteiger partial charge < -0.3 is 9.73 Å². The van der Waals surface area contributed by atoms with E-state index in [1.54, 1.807) is 12.1 Å². The highest BCUT2D eigenvalue weighted by Crippen LogP contribution is 2.27. The van der Waals surface area contributed by atoms with Gasteiger partial charge in [0.2, 0.25) is 5.89 Å². The lowest BCUT2D eigenvalue weighted by Gasteiger charge is -2.04. The molecule has 0 fully saturated rings. The second-order valence-electron chi connectivity index (χ2n) is 2.86. The zero-order valence-electron chi connectivity index (χ0n) is 7.88. The maximum absolute atomic E-state index is 13.4. The fourth-order valence-electron chi connectivity index (χ4n) is 1.08. The summed E-state index contributed by atoms with van der Waals surface area (Å²) >= 11 is 8.71. The SMILES string of the molecule is Fc1cccc(Br)c1Nc1nnc(CCl)o1. The van der Waals surface area contributed by atoms with Crippen LogP contribution in [0.4, 0.5) is 16.1 Å². The maximum atomic E-state index is 13.4. The molecule has 7 heteroatoms. The van der Waals surface area contributed by atoms with Crippen LogP contribution in [0.25, 0.3) is 0 Å². The molecule has 1 aromatic heterocycles. The molecule has 0 amide bonds. The molecule has 1 N–H and O–H groups in total. The van der Waals surface area contributed by atoms with Gasteiger partial charge >= 0.3 is 6.01 Å². The number of aromatic nitrogens is 2. The van der Waals surface area contributed by atoms with Gasteiger partial charge in [-0.15, -0.1) is 16.7 Å². The summed E-state index contributed by atoms with van der Waals surface area (Å²) in [6.45, 7) is 0. The highest BCUT2D eigenvalue weighted by molar-refractivity contribution is 9.10. The number of nitrogens with one attached hydrogen (secondary N) is 1. The molecule has 0 bridgehead atoms. The average molecular weight is 307 g/mol. The highest BCUT2D eigenvalue weighted by Gasteiger charge is 2.10. The van der Waals surface area contributed by atoms with E-state index in [0.29, 0.717) is 4.47 Å². The van der Waals surface area contributed by atoms with Crippen molar-refractivity contribution in [3.8, 4) is 0 Å². The van der Waals surface area contributed by atoms with Crippen LogP contribution in [0.5, 0.6) is 0 Å². The fourth-order valence-corrected chi connectivity index (χ4v) is 1.63. The first-order valence-corrected chi connectivity index (χ1v) is 5.63. The topological polar surface area (TPSA) is 51.0 Å². The Morgan fingerprint density at radius 3 is 2.88 bits per heavy atom. The molecule has 2 rings (SSSR count). The first kappa shape index (κ1) is 11.3. The van der Waals surface area contributed by atoms with E-state index in [0.717, 1.165) is 0 Å². The quantitative estimate of drug-likeness (QED) is 0.882. The molecule has 0 radical (unpaired) electrons. The monoisotopic (exact) mass is 305 g/mol. The van der Waals surface area contributed by atoms with Crippen molar-refractivity contribution in [1.29, 1.82) is 0 Å². The van der Waals surface area contributed by atoms with E-state index in [2.05, 4.69) is 31.4 Å². The van der Waals surface area contributed by atoms with Crippen molar-refractivity contribution in [3.05, 3.63) is 34.4 Å². The van der Waals surface area contributed by atoms with E-state index < -0.39 is 5.82 Å². The number of benzene rings is 1. The van der Waals surface area contributed by atoms with Crippen LogP contribution in [0.2, 0.25) is 0 Å². The van der Waals surface area contributed by atoms with Crippen LogP contribution in [-0.4, -0.2) is 10.2 Å². The van der Waals surface area contributed by atoms with E-state index in [1.807, 2.05) is 0 Å². The van der Waals surface area contributed by atoms with Gasteiger partial charge in [-0.1, -0.05) is 11.2 Å². The van der Waals surface area contributed by atoms with Crippen molar-refractivity contribution >= 4 is 39.2 Å². The minimum atomic E-state index is -0.417. The van der Waals surface area contributed by atoms with E-state index in [1.165, 1.54) is 6.07 Å². The van der Waals surface area contributed by atoms with Crippen molar-refractivity contribution in [3.63, 3.8) is 0 Å². The summed E-state index contributed by atoms with van der Waals surface area (Å²) in [6.07, 6.45) is 0. The Balaban J connectivity index is 2.26. The van der Waals surface area contributed by atoms with Gasteiger partial charge in [0.15, 0.2) is 0 Å². The summed E-state index contributed by atoms with van der Waals surface area (Å²) in [5.74, 6) is -0.0238. The molecule has 4 nitrogen and oxygen atoms in total. The average Bonchev–Trinajstić information content (AvgIpc) is 2.71. The molecule has 1 aromatic carbocycles. The Hall–Kier alpha value is -1.14. The Morgan fingerprint density at radius 2 is 2.25 bits per heavy atom. The molecule has 0 aliphatic carbocycles. The van der Waals surface area contributed by atoms with Crippen molar-refractivity contribution in [1.82, 2.24) is 10.2 Å². The van der Waals surface area contributed by atoms with Crippen LogP contribution < -0.4 is 5.32 Å². The summed E-state index contributed by atoms with van der Waals surface area (Å²) < 4.78 is 19.1. The number of anilines is 2. The van der Waals surface area contributed by atoms with Crippen molar-refractivity contribution in [2.24, 2.45) is 0 Å². The molecule has 0 aliphatic heterocycles. The van der Waals surface area contributed by atoms with Gasteiger partial charge in [0.25, 0.3) is 0 Å². The first-order chi connectivity index (χ1) is 7.70. The largest absolute Gasteiger partial charge is 0.407 e. The van der Waals surface area contributed by atoms with Crippen molar-refractivity contribution < 1.29 is 8.81 Å². The normalized spacial score (nSPS) is 10.4. The van der Waals surface area contributed by atoms with Crippen LogP contribution in [0.3, 0.4) is 0 Å². The number of para-hydroxylation sites is 1. The lowest BCUT2D eigenvalue weighted by Crippen LogP contribution is -1.95. The lowest BCUT2D eigenvalue weighted by molar-refractivity contribution is 0.529. The molecule has 16 heavy (non-hydrogen) atoms. The van der Waals surface area contributed by atoms with Crippen LogP contribution in [0, 0.1) is 5.82 Å². The highest BCUT2D eigenvalue weighted by atomic mass is 79.9. The van der Waals surface area contributed by atoms with E-state index in [4.69, 9.17) is 16.0 Å². The second-order valence-corrected chi connectivity index (χ2v) is 3.98.